The van der Waals surface area contributed by atoms with E-state index in [2.05, 4.69) is 17.0 Å². The number of alkyl carbamates (subject to hydrolysis) is 1. The van der Waals surface area contributed by atoms with Crippen LogP contribution in [0.15, 0.2) is 0 Å². The normalized spacial score (nSPS) is 29.8. The van der Waals surface area contributed by atoms with Crippen LogP contribution in [0.25, 0.3) is 0 Å². The summed E-state index contributed by atoms with van der Waals surface area (Å²) in [5, 5.41) is 21.1. The van der Waals surface area contributed by atoms with E-state index in [9.17, 15) is 9.90 Å². The maximum atomic E-state index is 11.1. The summed E-state index contributed by atoms with van der Waals surface area (Å²) in [4.78, 5) is 11.1. The number of ether oxygens (including phenoxy) is 1. The van der Waals surface area contributed by atoms with E-state index >= 15 is 0 Å². The van der Waals surface area contributed by atoms with Crippen molar-refractivity contribution >= 4 is 6.09 Å². The number of nitrogens with one attached hydrogen (secondary N) is 1. The molecule has 1 saturated carbocycles. The third kappa shape index (κ3) is 4.37. The summed E-state index contributed by atoms with van der Waals surface area (Å²) in [7, 11) is 0. The molecule has 1 rings (SSSR count). The number of carbonyl (C=O) groups is 1. The largest absolute Gasteiger partial charge is 0.447 e. The van der Waals surface area contributed by atoms with Crippen LogP contribution in [0.4, 0.5) is 4.79 Å². The molecule has 5 nitrogen and oxygen atoms in total. The minimum atomic E-state index is -0.787. The van der Waals surface area contributed by atoms with Crippen molar-refractivity contribution in [3.8, 4) is 0 Å². The molecule has 0 aromatic heterocycles. The van der Waals surface area contributed by atoms with E-state index in [1.54, 1.807) is 0 Å². The molecule has 0 unspecified atom stereocenters. The van der Waals surface area contributed by atoms with Crippen molar-refractivity contribution in [3.05, 3.63) is 0 Å². The topological polar surface area (TPSA) is 78.8 Å². The van der Waals surface area contributed by atoms with Gasteiger partial charge in [0.2, 0.25) is 0 Å². The molecule has 5 heteroatoms. The number of hydrogen-bond acceptors (Lipinski definition) is 4. The monoisotopic (exact) mass is 231 g/mol. The van der Waals surface area contributed by atoms with Crippen LogP contribution in [-0.4, -0.2) is 41.7 Å². The summed E-state index contributed by atoms with van der Waals surface area (Å²) in [6.07, 6.45) is 2.83. The molecule has 0 aromatic carbocycles. The van der Waals surface area contributed by atoms with Crippen LogP contribution in [0.5, 0.6) is 0 Å². The summed E-state index contributed by atoms with van der Waals surface area (Å²) < 4.78 is 4.64. The molecule has 0 aromatic rings. The molecule has 1 aliphatic rings. The first-order chi connectivity index (χ1) is 7.56. The van der Waals surface area contributed by atoms with Crippen LogP contribution in [0.3, 0.4) is 0 Å². The molecule has 1 aliphatic carbocycles. The van der Waals surface area contributed by atoms with E-state index < -0.39 is 11.7 Å². The quantitative estimate of drug-likeness (QED) is 0.663. The molecule has 1 fully saturated rings. The average molecular weight is 231 g/mol. The fourth-order valence-electron chi connectivity index (χ4n) is 1.90. The molecular formula is C11H21NO4. The van der Waals surface area contributed by atoms with Crippen LogP contribution >= 0.6 is 0 Å². The first-order valence-electron chi connectivity index (χ1n) is 5.79. The molecular weight excluding hydrogens is 210 g/mol. The number of aliphatic hydroxyl groups is 2. The standard InChI is InChI=1S/C11H21NO4/c1-9-2-4-11(15,5-3-9)8-12-10(14)16-7-6-13/h9,13,15H,2-8H2,1H3,(H,12,14). The summed E-state index contributed by atoms with van der Waals surface area (Å²) in [5.74, 6) is 0.654. The van der Waals surface area contributed by atoms with Crippen molar-refractivity contribution in [3.63, 3.8) is 0 Å². The average Bonchev–Trinajstić information content (AvgIpc) is 2.28. The minimum absolute atomic E-state index is 0.0126. The highest BCUT2D eigenvalue weighted by atomic mass is 16.6. The highest BCUT2D eigenvalue weighted by molar-refractivity contribution is 5.67. The number of aliphatic hydroxyl groups excluding tert-OH is 1. The fourth-order valence-corrected chi connectivity index (χ4v) is 1.90. The first kappa shape index (κ1) is 13.3. The van der Waals surface area contributed by atoms with E-state index in [-0.39, 0.29) is 19.8 Å². The van der Waals surface area contributed by atoms with E-state index in [0.717, 1.165) is 12.8 Å². The van der Waals surface area contributed by atoms with Crippen LogP contribution in [0.2, 0.25) is 0 Å². The van der Waals surface area contributed by atoms with Gasteiger partial charge in [-0.15, -0.1) is 0 Å². The third-order valence-corrected chi connectivity index (χ3v) is 3.09. The van der Waals surface area contributed by atoms with Gasteiger partial charge in [-0.1, -0.05) is 6.92 Å². The van der Waals surface area contributed by atoms with Gasteiger partial charge in [0.1, 0.15) is 6.61 Å². The number of carbonyl (C=O) groups excluding carboxylic acids is 1. The smallest absolute Gasteiger partial charge is 0.407 e. The fraction of sp³-hybridized carbons (Fsp3) is 0.909. The van der Waals surface area contributed by atoms with Gasteiger partial charge in [-0.25, -0.2) is 4.79 Å². The van der Waals surface area contributed by atoms with Gasteiger partial charge in [0.15, 0.2) is 0 Å². The maximum Gasteiger partial charge on any atom is 0.407 e. The second-order valence-electron chi connectivity index (χ2n) is 4.62. The Hall–Kier alpha value is -0.810. The Morgan fingerprint density at radius 1 is 1.50 bits per heavy atom. The Balaban J connectivity index is 2.23. The summed E-state index contributed by atoms with van der Waals surface area (Å²) in [5.41, 5.74) is -0.787. The molecule has 0 atom stereocenters. The molecule has 0 spiro atoms. The summed E-state index contributed by atoms with van der Waals surface area (Å²) in [6.45, 7) is 2.20. The van der Waals surface area contributed by atoms with Crippen LogP contribution < -0.4 is 5.32 Å². The van der Waals surface area contributed by atoms with Gasteiger partial charge in [0, 0.05) is 6.54 Å². The molecule has 0 radical (unpaired) electrons. The molecule has 0 heterocycles. The Labute approximate surface area is 95.8 Å². The number of hydrogen-bond donors (Lipinski definition) is 3. The lowest BCUT2D eigenvalue weighted by atomic mass is 9.79. The SMILES string of the molecule is CC1CCC(O)(CNC(=O)OCCO)CC1. The van der Waals surface area contributed by atoms with E-state index in [0.29, 0.717) is 18.8 Å². The predicted molar refractivity (Wildman–Crippen MR) is 59.0 cm³/mol. The van der Waals surface area contributed by atoms with Crippen LogP contribution in [0.1, 0.15) is 32.6 Å². The third-order valence-electron chi connectivity index (χ3n) is 3.09. The number of amides is 1. The zero-order chi connectivity index (χ0) is 12.0. The van der Waals surface area contributed by atoms with Crippen LogP contribution in [-0.2, 0) is 4.74 Å². The van der Waals surface area contributed by atoms with Gasteiger partial charge < -0.3 is 20.3 Å². The van der Waals surface area contributed by atoms with Crippen molar-refractivity contribution in [2.45, 2.75) is 38.2 Å². The molecule has 0 saturated heterocycles. The van der Waals surface area contributed by atoms with Gasteiger partial charge in [-0.05, 0) is 31.6 Å². The lowest BCUT2D eigenvalue weighted by Gasteiger charge is -2.34. The molecule has 3 N–H and O–H groups in total. The lowest BCUT2D eigenvalue weighted by molar-refractivity contribution is -0.00658. The lowest BCUT2D eigenvalue weighted by Crippen LogP contribution is -2.45. The van der Waals surface area contributed by atoms with Gasteiger partial charge >= 0.3 is 6.09 Å². The molecule has 1 amide bonds. The summed E-state index contributed by atoms with van der Waals surface area (Å²) >= 11 is 0. The number of rotatable bonds is 4. The Kier molecular flexibility index (Phi) is 5.02. The van der Waals surface area contributed by atoms with Crippen molar-refractivity contribution in [1.29, 1.82) is 0 Å². The Bertz CT molecular complexity index is 224. The molecule has 16 heavy (non-hydrogen) atoms. The van der Waals surface area contributed by atoms with E-state index in [1.807, 2.05) is 0 Å². The molecule has 94 valence electrons. The van der Waals surface area contributed by atoms with Crippen LogP contribution in [0, 0.1) is 5.92 Å². The van der Waals surface area contributed by atoms with Gasteiger partial charge in [-0.2, -0.15) is 0 Å². The van der Waals surface area contributed by atoms with E-state index in [1.165, 1.54) is 0 Å². The second kappa shape index (κ2) is 6.06. The highest BCUT2D eigenvalue weighted by Gasteiger charge is 2.32. The van der Waals surface area contributed by atoms with Crippen molar-refractivity contribution in [2.24, 2.45) is 5.92 Å². The summed E-state index contributed by atoms with van der Waals surface area (Å²) in [6, 6.07) is 0. The highest BCUT2D eigenvalue weighted by Crippen LogP contribution is 2.31. The first-order valence-corrected chi connectivity index (χ1v) is 5.79. The van der Waals surface area contributed by atoms with Crippen molar-refractivity contribution in [2.75, 3.05) is 19.8 Å². The second-order valence-corrected chi connectivity index (χ2v) is 4.62. The predicted octanol–water partition coefficient (Wildman–Crippen LogP) is 0.646. The van der Waals surface area contributed by atoms with Gasteiger partial charge in [0.05, 0.1) is 12.2 Å². The maximum absolute atomic E-state index is 11.1. The zero-order valence-corrected chi connectivity index (χ0v) is 9.74. The Morgan fingerprint density at radius 2 is 2.12 bits per heavy atom. The van der Waals surface area contributed by atoms with Crippen molar-refractivity contribution in [1.82, 2.24) is 5.32 Å². The molecule has 0 bridgehead atoms. The molecule has 0 aliphatic heterocycles. The minimum Gasteiger partial charge on any atom is -0.447 e. The van der Waals surface area contributed by atoms with Gasteiger partial charge in [0.25, 0.3) is 0 Å². The zero-order valence-electron chi connectivity index (χ0n) is 9.74. The Morgan fingerprint density at radius 3 is 2.69 bits per heavy atom. The van der Waals surface area contributed by atoms with Gasteiger partial charge in [-0.3, -0.25) is 0 Å². The van der Waals surface area contributed by atoms with E-state index in [4.69, 9.17) is 5.11 Å². The van der Waals surface area contributed by atoms with Crippen molar-refractivity contribution < 1.29 is 19.7 Å².